The number of hydrogen-bond donors (Lipinski definition) is 2. The van der Waals surface area contributed by atoms with Crippen LogP contribution in [-0.2, 0) is 9.59 Å². The molecule has 0 aromatic carbocycles. The van der Waals surface area contributed by atoms with Crippen molar-refractivity contribution in [2.45, 2.75) is 11.4 Å². The van der Waals surface area contributed by atoms with Crippen molar-refractivity contribution < 1.29 is 19.5 Å². The van der Waals surface area contributed by atoms with E-state index in [2.05, 4.69) is 4.98 Å². The number of thiazole rings is 1. The topological polar surface area (TPSA) is 114 Å². The summed E-state index contributed by atoms with van der Waals surface area (Å²) >= 11 is 3.74. The molecule has 1 amide bonds. The number of fused-ring (bicyclic) bond motifs is 1. The Morgan fingerprint density at radius 1 is 1.55 bits per heavy atom. The Hall–Kier alpha value is -1.36. The number of hydrogen-bond acceptors (Lipinski definition) is 8. The summed E-state index contributed by atoms with van der Waals surface area (Å²) in [6.07, 6.45) is 0. The summed E-state index contributed by atoms with van der Waals surface area (Å²) in [5, 5.41) is 10.5. The van der Waals surface area contributed by atoms with Crippen LogP contribution in [0.25, 0.3) is 0 Å². The quantitative estimate of drug-likeness (QED) is 0.753. The van der Waals surface area contributed by atoms with Gasteiger partial charge < -0.3 is 10.8 Å². The van der Waals surface area contributed by atoms with Crippen LogP contribution in [0.1, 0.15) is 10.5 Å². The molecule has 0 radical (unpaired) electrons. The van der Waals surface area contributed by atoms with Crippen molar-refractivity contribution in [3.05, 3.63) is 27.9 Å². The van der Waals surface area contributed by atoms with Gasteiger partial charge in [-0.25, -0.2) is 9.78 Å². The predicted octanol–water partition coefficient (Wildman–Crippen LogP) is 0.598. The Kier molecular flexibility index (Phi) is 4.26. The minimum Gasteiger partial charge on any atom is -0.477 e. The number of nitrogens with zero attached hydrogens (tertiary/aromatic N) is 2. The highest BCUT2D eigenvalue weighted by Crippen LogP contribution is 2.40. The third kappa shape index (κ3) is 2.56. The van der Waals surface area contributed by atoms with Gasteiger partial charge in [0.1, 0.15) is 22.8 Å². The minimum atomic E-state index is -1.16. The lowest BCUT2D eigenvalue weighted by atomic mass is 10.0. The Balaban J connectivity index is 1.77. The zero-order chi connectivity index (χ0) is 15.9. The normalized spacial score (nSPS) is 24.0. The molecular weight excluding hydrogens is 346 g/mol. The van der Waals surface area contributed by atoms with Gasteiger partial charge in [0.15, 0.2) is 0 Å². The second-order valence-corrected chi connectivity index (χ2v) is 7.41. The molecule has 1 aromatic heterocycles. The van der Waals surface area contributed by atoms with Crippen molar-refractivity contribution in [3.63, 3.8) is 0 Å². The Bertz CT molecular complexity index is 673. The van der Waals surface area contributed by atoms with Gasteiger partial charge in [0.05, 0.1) is 5.51 Å². The van der Waals surface area contributed by atoms with Crippen LogP contribution in [0.5, 0.6) is 0 Å². The molecule has 3 rings (SSSR count). The van der Waals surface area contributed by atoms with Crippen LogP contribution in [0.3, 0.4) is 0 Å². The van der Waals surface area contributed by atoms with E-state index in [1.165, 1.54) is 28.0 Å². The summed E-state index contributed by atoms with van der Waals surface area (Å²) < 4.78 is 0. The number of carboxylic acids is 1. The maximum Gasteiger partial charge on any atom is 0.352 e. The molecule has 1 saturated heterocycles. The van der Waals surface area contributed by atoms with Gasteiger partial charge in [-0.2, -0.15) is 0 Å². The van der Waals surface area contributed by atoms with E-state index in [-0.39, 0.29) is 27.8 Å². The maximum atomic E-state index is 11.9. The number of rotatable bonds is 4. The van der Waals surface area contributed by atoms with Crippen LogP contribution in [-0.4, -0.2) is 54.9 Å². The minimum absolute atomic E-state index is 0.0333. The summed E-state index contributed by atoms with van der Waals surface area (Å²) in [5.74, 6) is -0.886. The number of aliphatic carboxylic acids is 1. The molecule has 0 aliphatic carbocycles. The number of carbonyl (C=O) groups is 3. The number of aromatic nitrogens is 1. The molecule has 0 bridgehead atoms. The molecule has 0 saturated carbocycles. The van der Waals surface area contributed by atoms with Crippen LogP contribution in [0.2, 0.25) is 0 Å². The standard InChI is InChI=1S/C12H11N3O4S3/c13-7-9(16)15-8(11(17)18)5(1-21-10(7)15)2-22-12(19)6-3-20-4-14-6/h3-4,7,10H,1-2,13H2,(H,17,18)/t7?,10-/m0/s1. The van der Waals surface area contributed by atoms with E-state index in [0.29, 0.717) is 17.0 Å². The average molecular weight is 357 g/mol. The molecule has 1 aromatic rings. The van der Waals surface area contributed by atoms with Gasteiger partial charge in [0.25, 0.3) is 0 Å². The van der Waals surface area contributed by atoms with E-state index in [9.17, 15) is 19.5 Å². The van der Waals surface area contributed by atoms with Crippen LogP contribution < -0.4 is 5.73 Å². The summed E-state index contributed by atoms with van der Waals surface area (Å²) in [6.45, 7) is 0. The predicted molar refractivity (Wildman–Crippen MR) is 84.6 cm³/mol. The fourth-order valence-electron chi connectivity index (χ4n) is 2.23. The van der Waals surface area contributed by atoms with Crippen LogP contribution in [0, 0.1) is 0 Å². The highest BCUT2D eigenvalue weighted by atomic mass is 32.2. The van der Waals surface area contributed by atoms with Gasteiger partial charge in [-0.3, -0.25) is 14.5 Å². The molecule has 116 valence electrons. The number of thioether (sulfide) groups is 2. The van der Waals surface area contributed by atoms with E-state index < -0.39 is 12.0 Å². The number of carbonyl (C=O) groups excluding carboxylic acids is 2. The van der Waals surface area contributed by atoms with Crippen molar-refractivity contribution in [1.82, 2.24) is 9.88 Å². The van der Waals surface area contributed by atoms with Crippen molar-refractivity contribution in [2.24, 2.45) is 5.73 Å². The van der Waals surface area contributed by atoms with Crippen LogP contribution >= 0.6 is 34.9 Å². The first-order valence-corrected chi connectivity index (χ1v) is 9.19. The Morgan fingerprint density at radius 2 is 2.32 bits per heavy atom. The molecule has 3 heterocycles. The third-order valence-corrected chi connectivity index (χ3v) is 6.22. The van der Waals surface area contributed by atoms with Gasteiger partial charge in [-0.15, -0.1) is 23.1 Å². The van der Waals surface area contributed by atoms with Gasteiger partial charge in [0, 0.05) is 16.9 Å². The molecule has 1 unspecified atom stereocenters. The molecule has 0 spiro atoms. The van der Waals surface area contributed by atoms with E-state index >= 15 is 0 Å². The lowest BCUT2D eigenvalue weighted by Gasteiger charge is -2.48. The summed E-state index contributed by atoms with van der Waals surface area (Å²) in [5.41, 5.74) is 8.13. The van der Waals surface area contributed by atoms with E-state index in [4.69, 9.17) is 5.73 Å². The number of carboxylic acid groups (broad SMARTS) is 1. The molecule has 22 heavy (non-hydrogen) atoms. The fourth-order valence-corrected chi connectivity index (χ4v) is 5.06. The summed E-state index contributed by atoms with van der Waals surface area (Å²) in [6, 6.07) is -0.648. The Morgan fingerprint density at radius 3 is 2.95 bits per heavy atom. The van der Waals surface area contributed by atoms with Crippen LogP contribution in [0.4, 0.5) is 0 Å². The van der Waals surface area contributed by atoms with Gasteiger partial charge >= 0.3 is 5.97 Å². The lowest BCUT2D eigenvalue weighted by molar-refractivity contribution is -0.147. The summed E-state index contributed by atoms with van der Waals surface area (Å²) in [4.78, 5) is 40.3. The number of amides is 1. The van der Waals surface area contributed by atoms with E-state index in [0.717, 1.165) is 11.8 Å². The molecule has 7 nitrogen and oxygen atoms in total. The summed E-state index contributed by atoms with van der Waals surface area (Å²) in [7, 11) is 0. The zero-order valence-electron chi connectivity index (χ0n) is 11.1. The first kappa shape index (κ1) is 15.5. The SMILES string of the molecule is NC1C(=O)N2C(C(=O)O)=C(CSC(=O)c3cscn3)CS[C@@H]12. The van der Waals surface area contributed by atoms with E-state index in [1.807, 2.05) is 0 Å². The van der Waals surface area contributed by atoms with E-state index in [1.54, 1.807) is 10.9 Å². The number of β-lactam (4-membered cyclic amide) rings is 1. The molecular formula is C12H11N3O4S3. The number of nitrogens with two attached hydrogens (primary N) is 1. The zero-order valence-corrected chi connectivity index (χ0v) is 13.5. The van der Waals surface area contributed by atoms with Crippen molar-refractivity contribution in [1.29, 1.82) is 0 Å². The lowest BCUT2D eigenvalue weighted by Crippen LogP contribution is -2.68. The highest BCUT2D eigenvalue weighted by molar-refractivity contribution is 8.14. The molecule has 2 aliphatic heterocycles. The molecule has 1 fully saturated rings. The van der Waals surface area contributed by atoms with Gasteiger partial charge in [0.2, 0.25) is 11.0 Å². The fraction of sp³-hybridized carbons (Fsp3) is 0.333. The van der Waals surface area contributed by atoms with Gasteiger partial charge in [-0.05, 0) is 5.57 Å². The van der Waals surface area contributed by atoms with Crippen LogP contribution in [0.15, 0.2) is 22.2 Å². The van der Waals surface area contributed by atoms with Gasteiger partial charge in [-0.1, -0.05) is 11.8 Å². The van der Waals surface area contributed by atoms with Crippen molar-refractivity contribution in [3.8, 4) is 0 Å². The second-order valence-electron chi connectivity index (χ2n) is 4.64. The highest BCUT2D eigenvalue weighted by Gasteiger charge is 2.51. The first-order chi connectivity index (χ1) is 10.5. The molecule has 2 aliphatic rings. The smallest absolute Gasteiger partial charge is 0.352 e. The Labute approximate surface area is 137 Å². The molecule has 3 N–H and O–H groups in total. The second kappa shape index (κ2) is 6.03. The van der Waals surface area contributed by atoms with Crippen molar-refractivity contribution in [2.75, 3.05) is 11.5 Å². The van der Waals surface area contributed by atoms with Crippen molar-refractivity contribution >= 4 is 51.9 Å². The largest absolute Gasteiger partial charge is 0.477 e. The molecule has 10 heteroatoms. The molecule has 2 atom stereocenters. The average Bonchev–Trinajstić information content (AvgIpc) is 3.05. The first-order valence-electron chi connectivity index (χ1n) is 6.21. The third-order valence-electron chi connectivity index (χ3n) is 3.31. The maximum absolute atomic E-state index is 11.9. The monoisotopic (exact) mass is 357 g/mol.